The van der Waals surface area contributed by atoms with Gasteiger partial charge in [0, 0.05) is 17.2 Å². The molecule has 2 aliphatic rings. The first-order valence-corrected chi connectivity index (χ1v) is 8.34. The third kappa shape index (κ3) is 3.42. The van der Waals surface area contributed by atoms with Crippen LogP contribution in [0, 0.1) is 0 Å². The summed E-state index contributed by atoms with van der Waals surface area (Å²) in [5.41, 5.74) is 2.66. The van der Waals surface area contributed by atoms with Gasteiger partial charge in [0.05, 0.1) is 14.2 Å². The Hall–Kier alpha value is -3.54. The Morgan fingerprint density at radius 2 is 1.89 bits per heavy atom. The molecule has 27 heavy (non-hydrogen) atoms. The van der Waals surface area contributed by atoms with Gasteiger partial charge in [-0.15, -0.1) is 0 Å². The Labute approximate surface area is 156 Å². The summed E-state index contributed by atoms with van der Waals surface area (Å²) >= 11 is 0. The molecule has 0 N–H and O–H groups in total. The maximum Gasteiger partial charge on any atom is 0.363 e. The number of cyclic esters (lactones) is 1. The molecule has 0 unspecified atom stereocenters. The van der Waals surface area contributed by atoms with Crippen molar-refractivity contribution in [3.05, 3.63) is 70.9 Å². The molecule has 0 fully saturated rings. The maximum atomic E-state index is 12.2. The zero-order chi connectivity index (χ0) is 18.8. The molecule has 0 saturated heterocycles. The first-order chi connectivity index (χ1) is 13.2. The molecular weight excluding hydrogens is 346 g/mol. The van der Waals surface area contributed by atoms with Gasteiger partial charge in [-0.3, -0.25) is 0 Å². The zero-order valence-electron chi connectivity index (χ0n) is 14.9. The van der Waals surface area contributed by atoms with E-state index in [9.17, 15) is 4.79 Å². The number of benzene rings is 2. The minimum atomic E-state index is -0.491. The summed E-state index contributed by atoms with van der Waals surface area (Å²) in [7, 11) is 3.19. The monoisotopic (exact) mass is 363 g/mol. The minimum Gasteiger partial charge on any atom is -0.497 e. The van der Waals surface area contributed by atoms with Gasteiger partial charge in [-0.25, -0.2) is 9.79 Å². The summed E-state index contributed by atoms with van der Waals surface area (Å²) in [5.74, 6) is 1.91. The van der Waals surface area contributed by atoms with Crippen molar-refractivity contribution in [2.75, 3.05) is 20.8 Å². The second kappa shape index (κ2) is 6.99. The fourth-order valence-corrected chi connectivity index (χ4v) is 2.84. The lowest BCUT2D eigenvalue weighted by molar-refractivity contribution is -0.130. The summed E-state index contributed by atoms with van der Waals surface area (Å²) in [5, 5.41) is 0. The van der Waals surface area contributed by atoms with E-state index in [0.717, 1.165) is 22.6 Å². The molecule has 2 aliphatic heterocycles. The van der Waals surface area contributed by atoms with Gasteiger partial charge < -0.3 is 18.9 Å². The van der Waals surface area contributed by atoms with E-state index in [1.165, 1.54) is 0 Å². The van der Waals surface area contributed by atoms with Crippen LogP contribution >= 0.6 is 0 Å². The molecule has 0 aromatic heterocycles. The summed E-state index contributed by atoms with van der Waals surface area (Å²) in [6.45, 7) is 0.334. The van der Waals surface area contributed by atoms with Crippen LogP contribution < -0.4 is 14.2 Å². The highest BCUT2D eigenvalue weighted by Crippen LogP contribution is 2.31. The van der Waals surface area contributed by atoms with Gasteiger partial charge >= 0.3 is 5.97 Å². The molecular formula is C21H17NO5. The van der Waals surface area contributed by atoms with Crippen molar-refractivity contribution in [3.8, 4) is 17.2 Å². The fraction of sp³-hybridized carbons (Fsp3) is 0.143. The second-order valence-electron chi connectivity index (χ2n) is 5.98. The van der Waals surface area contributed by atoms with Crippen LogP contribution in [0.5, 0.6) is 17.2 Å². The molecule has 0 aliphatic carbocycles. The van der Waals surface area contributed by atoms with Crippen molar-refractivity contribution in [2.45, 2.75) is 0 Å². The molecule has 2 heterocycles. The predicted molar refractivity (Wildman–Crippen MR) is 100 cm³/mol. The van der Waals surface area contributed by atoms with Crippen LogP contribution in [0.1, 0.15) is 11.1 Å². The van der Waals surface area contributed by atoms with E-state index in [1.54, 1.807) is 26.4 Å². The molecule has 0 saturated carbocycles. The van der Waals surface area contributed by atoms with E-state index in [4.69, 9.17) is 18.9 Å². The van der Waals surface area contributed by atoms with Crippen molar-refractivity contribution < 1.29 is 23.7 Å². The van der Waals surface area contributed by atoms with E-state index in [0.29, 0.717) is 17.9 Å². The van der Waals surface area contributed by atoms with Gasteiger partial charge in [0.15, 0.2) is 5.70 Å². The number of hydrogen-bond donors (Lipinski definition) is 0. The molecule has 0 bridgehead atoms. The Bertz CT molecular complexity index is 1000. The molecule has 4 rings (SSSR count). The quantitative estimate of drug-likeness (QED) is 0.615. The highest BCUT2D eigenvalue weighted by Gasteiger charge is 2.25. The Balaban J connectivity index is 1.62. The van der Waals surface area contributed by atoms with E-state index in [2.05, 4.69) is 4.99 Å². The van der Waals surface area contributed by atoms with E-state index < -0.39 is 5.97 Å². The van der Waals surface area contributed by atoms with Gasteiger partial charge in [-0.05, 0) is 48.1 Å². The van der Waals surface area contributed by atoms with Gasteiger partial charge in [0.2, 0.25) is 5.90 Å². The normalized spacial score (nSPS) is 16.8. The van der Waals surface area contributed by atoms with Crippen LogP contribution in [0.15, 0.2) is 64.8 Å². The Morgan fingerprint density at radius 1 is 1.07 bits per heavy atom. The molecule has 0 atom stereocenters. The number of hydrogen-bond acceptors (Lipinski definition) is 6. The van der Waals surface area contributed by atoms with E-state index >= 15 is 0 Å². The van der Waals surface area contributed by atoms with Crippen molar-refractivity contribution >= 4 is 17.9 Å². The summed E-state index contributed by atoms with van der Waals surface area (Å²) in [6, 6.07) is 12.8. The number of carbonyl (C=O) groups is 1. The van der Waals surface area contributed by atoms with Crippen LogP contribution in [0.2, 0.25) is 0 Å². The number of carbonyl (C=O) groups excluding carboxylic acids is 1. The predicted octanol–water partition coefficient (Wildman–Crippen LogP) is 3.37. The molecule has 2 aromatic carbocycles. The van der Waals surface area contributed by atoms with Crippen LogP contribution in [-0.2, 0) is 9.53 Å². The molecule has 6 nitrogen and oxygen atoms in total. The number of methoxy groups -OCH3 is 2. The maximum absolute atomic E-state index is 12.2. The van der Waals surface area contributed by atoms with Crippen molar-refractivity contribution in [1.82, 2.24) is 0 Å². The second-order valence-corrected chi connectivity index (χ2v) is 5.98. The zero-order valence-corrected chi connectivity index (χ0v) is 14.9. The lowest BCUT2D eigenvalue weighted by Gasteiger charge is -2.16. The molecule has 6 heteroatoms. The topological polar surface area (TPSA) is 66.3 Å². The highest BCUT2D eigenvalue weighted by molar-refractivity contribution is 6.11. The summed E-state index contributed by atoms with van der Waals surface area (Å²) in [6.07, 6.45) is 3.64. The number of nitrogens with zero attached hydrogens (tertiary/aromatic N) is 1. The fourth-order valence-electron chi connectivity index (χ4n) is 2.84. The average molecular weight is 363 g/mol. The van der Waals surface area contributed by atoms with Crippen molar-refractivity contribution in [3.63, 3.8) is 0 Å². The summed E-state index contributed by atoms with van der Waals surface area (Å²) < 4.78 is 21.5. The number of fused-ring (bicyclic) bond motifs is 1. The smallest absolute Gasteiger partial charge is 0.363 e. The van der Waals surface area contributed by atoms with Crippen molar-refractivity contribution in [1.29, 1.82) is 0 Å². The van der Waals surface area contributed by atoms with E-state index in [1.807, 2.05) is 42.5 Å². The molecule has 2 aromatic rings. The SMILES string of the molecule is COc1cccc(C2=N/C(=C\C3=Cc4ccc(OC)cc4OC3)C(=O)O2)c1. The van der Waals surface area contributed by atoms with Crippen LogP contribution in [0.4, 0.5) is 0 Å². The Kier molecular flexibility index (Phi) is 4.38. The van der Waals surface area contributed by atoms with Crippen LogP contribution in [0.25, 0.3) is 6.08 Å². The average Bonchev–Trinajstić information content (AvgIpc) is 3.08. The lowest BCUT2D eigenvalue weighted by atomic mass is 10.1. The first kappa shape index (κ1) is 16.9. The van der Waals surface area contributed by atoms with Crippen molar-refractivity contribution in [2.24, 2.45) is 4.99 Å². The molecule has 0 radical (unpaired) electrons. The molecule has 136 valence electrons. The minimum absolute atomic E-state index is 0.236. The molecule has 0 spiro atoms. The van der Waals surface area contributed by atoms with Crippen LogP contribution in [-0.4, -0.2) is 32.7 Å². The first-order valence-electron chi connectivity index (χ1n) is 8.34. The standard InChI is InChI=1S/C21H17NO5/c1-24-16-5-3-4-15(10-16)20-22-18(21(23)27-20)9-13-8-14-6-7-17(25-2)11-19(14)26-12-13/h3-11H,12H2,1-2H3/b18-9-. The molecule has 0 amide bonds. The third-order valence-electron chi connectivity index (χ3n) is 4.22. The number of aliphatic imine (C=N–C) groups is 1. The number of esters is 1. The third-order valence-corrected chi connectivity index (χ3v) is 4.22. The van der Waals surface area contributed by atoms with Gasteiger partial charge in [-0.1, -0.05) is 6.07 Å². The van der Waals surface area contributed by atoms with Crippen LogP contribution in [0.3, 0.4) is 0 Å². The van der Waals surface area contributed by atoms with Gasteiger partial charge in [0.25, 0.3) is 0 Å². The largest absolute Gasteiger partial charge is 0.497 e. The van der Waals surface area contributed by atoms with E-state index in [-0.39, 0.29) is 11.6 Å². The van der Waals surface area contributed by atoms with Gasteiger partial charge in [0.1, 0.15) is 23.9 Å². The summed E-state index contributed by atoms with van der Waals surface area (Å²) in [4.78, 5) is 16.5. The highest BCUT2D eigenvalue weighted by atomic mass is 16.6. The lowest BCUT2D eigenvalue weighted by Crippen LogP contribution is -2.08. The number of rotatable bonds is 4. The number of ether oxygens (including phenoxy) is 4. The van der Waals surface area contributed by atoms with Gasteiger partial charge in [-0.2, -0.15) is 0 Å². The Morgan fingerprint density at radius 3 is 2.70 bits per heavy atom.